The number of amides is 1. The van der Waals surface area contributed by atoms with Gasteiger partial charge in [0.1, 0.15) is 0 Å². The fourth-order valence-corrected chi connectivity index (χ4v) is 1.53. The highest BCUT2D eigenvalue weighted by Gasteiger charge is 2.14. The molecule has 1 aliphatic heterocycles. The summed E-state index contributed by atoms with van der Waals surface area (Å²) in [5, 5.41) is 6.17. The van der Waals surface area contributed by atoms with Gasteiger partial charge in [-0.3, -0.25) is 4.79 Å². The van der Waals surface area contributed by atoms with Gasteiger partial charge in [0, 0.05) is 24.9 Å². The van der Waals surface area contributed by atoms with Crippen molar-refractivity contribution in [1.82, 2.24) is 10.6 Å². The minimum Gasteiger partial charge on any atom is -0.352 e. The predicted octanol–water partition coefficient (Wildman–Crippen LogP) is 0.483. The zero-order chi connectivity index (χ0) is 8.81. The van der Waals surface area contributed by atoms with Crippen LogP contribution in [-0.4, -0.2) is 30.9 Å². The van der Waals surface area contributed by atoms with Gasteiger partial charge in [0.2, 0.25) is 5.91 Å². The zero-order valence-electron chi connectivity index (χ0n) is 7.11. The second-order valence-electron chi connectivity index (χ2n) is 3.05. The van der Waals surface area contributed by atoms with Gasteiger partial charge in [0.25, 0.3) is 0 Å². The minimum absolute atomic E-state index is 0.0682. The summed E-state index contributed by atoms with van der Waals surface area (Å²) in [5.74, 6) is 0.477. The summed E-state index contributed by atoms with van der Waals surface area (Å²) >= 11 is 5.44. The number of hydrogen-bond acceptors (Lipinski definition) is 2. The van der Waals surface area contributed by atoms with Crippen molar-refractivity contribution in [3.8, 4) is 0 Å². The van der Waals surface area contributed by atoms with Crippen LogP contribution < -0.4 is 10.6 Å². The average Bonchev–Trinajstić information content (AvgIpc) is 2.06. The number of carbonyl (C=O) groups excluding carboxylic acids is 1. The lowest BCUT2D eigenvalue weighted by Gasteiger charge is -2.23. The van der Waals surface area contributed by atoms with E-state index in [9.17, 15) is 4.79 Å². The van der Waals surface area contributed by atoms with Crippen LogP contribution in [0.5, 0.6) is 0 Å². The molecule has 2 N–H and O–H groups in total. The zero-order valence-corrected chi connectivity index (χ0v) is 7.86. The maximum Gasteiger partial charge on any atom is 0.221 e. The van der Waals surface area contributed by atoms with Crippen molar-refractivity contribution >= 4 is 17.5 Å². The summed E-state index contributed by atoms with van der Waals surface area (Å²) in [7, 11) is 0. The van der Waals surface area contributed by atoms with Gasteiger partial charge >= 0.3 is 0 Å². The van der Waals surface area contributed by atoms with Crippen LogP contribution in [0, 0.1) is 0 Å². The number of carbonyl (C=O) groups is 1. The van der Waals surface area contributed by atoms with Crippen molar-refractivity contribution in [2.24, 2.45) is 0 Å². The Kier molecular flexibility index (Phi) is 4.40. The molecule has 0 spiro atoms. The molecule has 0 radical (unpaired) electrons. The summed E-state index contributed by atoms with van der Waals surface area (Å²) in [4.78, 5) is 11.1. The van der Waals surface area contributed by atoms with Crippen LogP contribution in [0.1, 0.15) is 19.3 Å². The Bertz CT molecular complexity index is 146. The number of rotatable bonds is 3. The van der Waals surface area contributed by atoms with Crippen molar-refractivity contribution in [1.29, 1.82) is 0 Å². The maximum absolute atomic E-state index is 11.1. The monoisotopic (exact) mass is 190 g/mol. The van der Waals surface area contributed by atoms with Gasteiger partial charge in [-0.05, 0) is 19.4 Å². The van der Waals surface area contributed by atoms with Crippen molar-refractivity contribution in [2.75, 3.05) is 19.0 Å². The third kappa shape index (κ3) is 3.41. The molecule has 1 unspecified atom stereocenters. The third-order valence-corrected chi connectivity index (χ3v) is 2.17. The summed E-state index contributed by atoms with van der Waals surface area (Å²) < 4.78 is 0. The van der Waals surface area contributed by atoms with E-state index in [1.54, 1.807) is 0 Å². The van der Waals surface area contributed by atoms with Crippen molar-refractivity contribution in [3.05, 3.63) is 0 Å². The maximum atomic E-state index is 11.1. The molecular formula is C8H15ClN2O. The van der Waals surface area contributed by atoms with E-state index in [4.69, 9.17) is 11.6 Å². The molecule has 12 heavy (non-hydrogen) atoms. The van der Waals surface area contributed by atoms with Crippen LogP contribution in [0.25, 0.3) is 0 Å². The van der Waals surface area contributed by atoms with Gasteiger partial charge in [-0.1, -0.05) is 0 Å². The van der Waals surface area contributed by atoms with Gasteiger partial charge in [0.15, 0.2) is 0 Å². The lowest BCUT2D eigenvalue weighted by Crippen LogP contribution is -2.45. The van der Waals surface area contributed by atoms with Gasteiger partial charge < -0.3 is 10.6 Å². The van der Waals surface area contributed by atoms with E-state index >= 15 is 0 Å². The van der Waals surface area contributed by atoms with E-state index < -0.39 is 0 Å². The largest absolute Gasteiger partial charge is 0.352 e. The van der Waals surface area contributed by atoms with Crippen molar-refractivity contribution < 1.29 is 4.79 Å². The quantitative estimate of drug-likeness (QED) is 0.636. The van der Waals surface area contributed by atoms with Gasteiger partial charge in [-0.15, -0.1) is 11.6 Å². The number of halogens is 1. The van der Waals surface area contributed by atoms with Crippen molar-refractivity contribution in [2.45, 2.75) is 25.3 Å². The van der Waals surface area contributed by atoms with Gasteiger partial charge in [-0.25, -0.2) is 0 Å². The average molecular weight is 191 g/mol. The van der Waals surface area contributed by atoms with E-state index in [1.165, 1.54) is 0 Å². The van der Waals surface area contributed by atoms with Crippen LogP contribution in [0.4, 0.5) is 0 Å². The number of alkyl halides is 1. The SMILES string of the molecule is O=C(CCCl)NC1CCCNC1. The molecule has 4 heteroatoms. The minimum atomic E-state index is 0.0682. The van der Waals surface area contributed by atoms with Crippen LogP contribution in [-0.2, 0) is 4.79 Å². The summed E-state index contributed by atoms with van der Waals surface area (Å²) in [6, 6.07) is 0.314. The Balaban J connectivity index is 2.15. The molecule has 1 rings (SSSR count). The first kappa shape index (κ1) is 9.81. The van der Waals surface area contributed by atoms with E-state index in [1.807, 2.05) is 0 Å². The third-order valence-electron chi connectivity index (χ3n) is 1.98. The molecule has 0 saturated carbocycles. The molecule has 0 aromatic carbocycles. The molecule has 1 heterocycles. The predicted molar refractivity (Wildman–Crippen MR) is 49.4 cm³/mol. The molecule has 1 fully saturated rings. The summed E-state index contributed by atoms with van der Waals surface area (Å²) in [6.45, 7) is 1.97. The van der Waals surface area contributed by atoms with E-state index in [0.717, 1.165) is 25.9 Å². The Labute approximate surface area is 77.9 Å². The van der Waals surface area contributed by atoms with Crippen LogP contribution in [0.15, 0.2) is 0 Å². The molecule has 70 valence electrons. The Morgan fingerprint density at radius 1 is 1.67 bits per heavy atom. The van der Waals surface area contributed by atoms with Crippen molar-refractivity contribution in [3.63, 3.8) is 0 Å². The highest BCUT2D eigenvalue weighted by molar-refractivity contribution is 6.18. The normalized spacial score (nSPS) is 23.6. The van der Waals surface area contributed by atoms with Crippen LogP contribution in [0.3, 0.4) is 0 Å². The smallest absolute Gasteiger partial charge is 0.221 e. The fraction of sp³-hybridized carbons (Fsp3) is 0.875. The number of nitrogens with one attached hydrogen (secondary N) is 2. The Hall–Kier alpha value is -0.280. The summed E-state index contributed by atoms with van der Waals surface area (Å²) in [5.41, 5.74) is 0. The first-order chi connectivity index (χ1) is 5.83. The first-order valence-corrected chi connectivity index (χ1v) is 4.92. The molecule has 0 aliphatic carbocycles. The first-order valence-electron chi connectivity index (χ1n) is 4.39. The lowest BCUT2D eigenvalue weighted by molar-refractivity contribution is -0.121. The fourth-order valence-electron chi connectivity index (χ4n) is 1.36. The lowest BCUT2D eigenvalue weighted by atomic mass is 10.1. The Morgan fingerprint density at radius 3 is 3.08 bits per heavy atom. The second-order valence-corrected chi connectivity index (χ2v) is 3.43. The molecule has 0 bridgehead atoms. The molecule has 1 saturated heterocycles. The molecule has 1 atom stereocenters. The van der Waals surface area contributed by atoms with E-state index in [2.05, 4.69) is 10.6 Å². The standard InChI is InChI=1S/C8H15ClN2O/c9-4-3-8(12)11-7-2-1-5-10-6-7/h7,10H,1-6H2,(H,11,12). The number of hydrogen-bond donors (Lipinski definition) is 2. The van der Waals surface area contributed by atoms with Gasteiger partial charge in [-0.2, -0.15) is 0 Å². The highest BCUT2D eigenvalue weighted by atomic mass is 35.5. The second kappa shape index (κ2) is 5.38. The molecule has 0 aromatic heterocycles. The Morgan fingerprint density at radius 2 is 2.50 bits per heavy atom. The van der Waals surface area contributed by atoms with E-state index in [-0.39, 0.29) is 5.91 Å². The molecule has 3 nitrogen and oxygen atoms in total. The molecule has 1 amide bonds. The van der Waals surface area contributed by atoms with Gasteiger partial charge in [0.05, 0.1) is 0 Å². The van der Waals surface area contributed by atoms with E-state index in [0.29, 0.717) is 18.3 Å². The molecular weight excluding hydrogens is 176 g/mol. The summed E-state index contributed by atoms with van der Waals surface area (Å²) in [6.07, 6.45) is 2.66. The topological polar surface area (TPSA) is 41.1 Å². The van der Waals surface area contributed by atoms with Crippen LogP contribution >= 0.6 is 11.6 Å². The molecule has 1 aliphatic rings. The van der Waals surface area contributed by atoms with Crippen LogP contribution in [0.2, 0.25) is 0 Å². The molecule has 0 aromatic rings. The highest BCUT2D eigenvalue weighted by Crippen LogP contribution is 2.01. The number of piperidine rings is 1.